The van der Waals surface area contributed by atoms with Crippen molar-refractivity contribution in [3.63, 3.8) is 0 Å². The first kappa shape index (κ1) is 20.3. The molecule has 0 radical (unpaired) electrons. The first-order valence-corrected chi connectivity index (χ1v) is 11.8. The average molecular weight is 447 g/mol. The molecule has 1 aliphatic rings. The van der Waals surface area contributed by atoms with E-state index in [0.29, 0.717) is 16.9 Å². The van der Waals surface area contributed by atoms with Crippen molar-refractivity contribution in [3.8, 4) is 11.1 Å². The highest BCUT2D eigenvalue weighted by Gasteiger charge is 2.30. The van der Waals surface area contributed by atoms with Gasteiger partial charge in [-0.2, -0.15) is 0 Å². The van der Waals surface area contributed by atoms with Gasteiger partial charge in [0.1, 0.15) is 5.82 Å². The Balaban J connectivity index is 1.69. The molecule has 0 unspecified atom stereocenters. The summed E-state index contributed by atoms with van der Waals surface area (Å²) in [7, 11) is -3.87. The number of amides is 1. The van der Waals surface area contributed by atoms with Gasteiger partial charge in [0.15, 0.2) is 5.65 Å². The summed E-state index contributed by atoms with van der Waals surface area (Å²) in [6.07, 6.45) is 3.22. The molecule has 5 rings (SSSR count). The maximum Gasteiger partial charge on any atom is 0.269 e. The molecule has 0 spiro atoms. The molecule has 0 aliphatic heterocycles. The zero-order valence-corrected chi connectivity index (χ0v) is 18.3. The van der Waals surface area contributed by atoms with Crippen molar-refractivity contribution >= 4 is 38.5 Å². The van der Waals surface area contributed by atoms with Gasteiger partial charge in [-0.25, -0.2) is 17.4 Å². The normalized spacial score (nSPS) is 13.9. The third kappa shape index (κ3) is 3.62. The van der Waals surface area contributed by atoms with E-state index in [1.807, 2.05) is 19.1 Å². The summed E-state index contributed by atoms with van der Waals surface area (Å²) in [5, 5.41) is 3.51. The molecule has 3 N–H and O–H groups in total. The molecule has 0 bridgehead atoms. The number of nitrogens with zero attached hydrogens (tertiary/aromatic N) is 2. The van der Waals surface area contributed by atoms with Crippen LogP contribution in [0, 0.1) is 12.8 Å². The summed E-state index contributed by atoms with van der Waals surface area (Å²) in [6.45, 7) is 1.90. The van der Waals surface area contributed by atoms with Crippen molar-refractivity contribution in [2.24, 2.45) is 5.92 Å². The maximum absolute atomic E-state index is 13.4. The Morgan fingerprint density at radius 2 is 1.75 bits per heavy atom. The fraction of sp³-hybridized carbons (Fsp3) is 0.167. The van der Waals surface area contributed by atoms with Gasteiger partial charge in [0, 0.05) is 23.2 Å². The van der Waals surface area contributed by atoms with Crippen LogP contribution < -0.4 is 11.1 Å². The van der Waals surface area contributed by atoms with Gasteiger partial charge >= 0.3 is 0 Å². The van der Waals surface area contributed by atoms with Crippen LogP contribution in [0.5, 0.6) is 0 Å². The monoisotopic (exact) mass is 446 g/mol. The lowest BCUT2D eigenvalue weighted by atomic mass is 10.0. The highest BCUT2D eigenvalue weighted by atomic mass is 32.2. The molecular formula is C24H22N4O3S. The van der Waals surface area contributed by atoms with Crippen LogP contribution in [-0.4, -0.2) is 23.3 Å². The van der Waals surface area contributed by atoms with E-state index in [9.17, 15) is 13.2 Å². The number of hydrogen-bond donors (Lipinski definition) is 2. The number of aryl methyl sites for hydroxylation is 1. The lowest BCUT2D eigenvalue weighted by Crippen LogP contribution is -2.16. The first-order valence-electron chi connectivity index (χ1n) is 10.3. The van der Waals surface area contributed by atoms with E-state index in [1.54, 1.807) is 48.5 Å². The second-order valence-electron chi connectivity index (χ2n) is 8.11. The summed E-state index contributed by atoms with van der Waals surface area (Å²) in [4.78, 5) is 17.1. The molecule has 2 aromatic carbocycles. The fourth-order valence-electron chi connectivity index (χ4n) is 3.64. The van der Waals surface area contributed by atoms with Crippen molar-refractivity contribution in [3.05, 3.63) is 72.4 Å². The van der Waals surface area contributed by atoms with Crippen LogP contribution >= 0.6 is 0 Å². The minimum Gasteiger partial charge on any atom is -0.399 e. The third-order valence-corrected chi connectivity index (χ3v) is 7.30. The van der Waals surface area contributed by atoms with E-state index in [1.165, 1.54) is 10.2 Å². The number of nitrogens with one attached hydrogen (secondary N) is 1. The molecule has 32 heavy (non-hydrogen) atoms. The van der Waals surface area contributed by atoms with Gasteiger partial charge < -0.3 is 11.1 Å². The predicted molar refractivity (Wildman–Crippen MR) is 125 cm³/mol. The van der Waals surface area contributed by atoms with Gasteiger partial charge in [-0.15, -0.1) is 0 Å². The average Bonchev–Trinajstić information content (AvgIpc) is 3.53. The van der Waals surface area contributed by atoms with Gasteiger partial charge in [0.25, 0.3) is 10.0 Å². The molecule has 7 nitrogen and oxygen atoms in total. The van der Waals surface area contributed by atoms with Crippen molar-refractivity contribution < 1.29 is 13.2 Å². The van der Waals surface area contributed by atoms with Crippen LogP contribution in [0.3, 0.4) is 0 Å². The predicted octanol–water partition coefficient (Wildman–Crippen LogP) is 4.18. The Morgan fingerprint density at radius 3 is 2.41 bits per heavy atom. The Labute approximate surface area is 185 Å². The minimum atomic E-state index is -3.87. The van der Waals surface area contributed by atoms with Crippen LogP contribution in [0.25, 0.3) is 22.2 Å². The molecule has 0 atom stereocenters. The number of carbonyl (C=O) groups excluding carboxylic acids is 1. The largest absolute Gasteiger partial charge is 0.399 e. The molecule has 4 aromatic rings. The SMILES string of the molecule is Cc1ccc(S(=O)(=O)n2ccc3c(-c4ccc(N)cc4)cc(NC(=O)C4CC4)nc32)cc1. The van der Waals surface area contributed by atoms with Crippen LogP contribution in [0.15, 0.2) is 71.8 Å². The summed E-state index contributed by atoms with van der Waals surface area (Å²) in [5.41, 5.74) is 9.30. The van der Waals surface area contributed by atoms with Crippen LogP contribution in [0.1, 0.15) is 18.4 Å². The van der Waals surface area contributed by atoms with Gasteiger partial charge in [-0.3, -0.25) is 4.79 Å². The first-order chi connectivity index (χ1) is 15.3. The molecular weight excluding hydrogens is 424 g/mol. The number of anilines is 2. The molecule has 162 valence electrons. The Kier molecular flexibility index (Phi) is 4.74. The zero-order valence-electron chi connectivity index (χ0n) is 17.4. The Bertz CT molecular complexity index is 1440. The Morgan fingerprint density at radius 1 is 1.06 bits per heavy atom. The van der Waals surface area contributed by atoms with Gasteiger partial charge in [0.05, 0.1) is 4.90 Å². The highest BCUT2D eigenvalue weighted by molar-refractivity contribution is 7.90. The van der Waals surface area contributed by atoms with E-state index < -0.39 is 10.0 Å². The van der Waals surface area contributed by atoms with E-state index in [0.717, 1.165) is 29.5 Å². The molecule has 8 heteroatoms. The van der Waals surface area contributed by atoms with Crippen molar-refractivity contribution in [2.75, 3.05) is 11.1 Å². The maximum atomic E-state index is 13.4. The number of benzene rings is 2. The lowest BCUT2D eigenvalue weighted by molar-refractivity contribution is -0.117. The molecule has 1 fully saturated rings. The second kappa shape index (κ2) is 7.49. The lowest BCUT2D eigenvalue weighted by Gasteiger charge is -2.12. The summed E-state index contributed by atoms with van der Waals surface area (Å²) >= 11 is 0. The molecule has 2 aromatic heterocycles. The van der Waals surface area contributed by atoms with Crippen molar-refractivity contribution in [1.29, 1.82) is 0 Å². The highest BCUT2D eigenvalue weighted by Crippen LogP contribution is 2.34. The number of fused-ring (bicyclic) bond motifs is 1. The molecule has 2 heterocycles. The van der Waals surface area contributed by atoms with Gasteiger partial charge in [-0.05, 0) is 67.3 Å². The van der Waals surface area contributed by atoms with Crippen LogP contribution in [0.4, 0.5) is 11.5 Å². The number of pyridine rings is 1. The number of aromatic nitrogens is 2. The zero-order chi connectivity index (χ0) is 22.5. The molecule has 0 saturated heterocycles. The number of rotatable bonds is 5. The summed E-state index contributed by atoms with van der Waals surface area (Å²) in [5.74, 6) is 0.218. The molecule has 1 aliphatic carbocycles. The van der Waals surface area contributed by atoms with E-state index in [2.05, 4.69) is 10.3 Å². The van der Waals surface area contributed by atoms with Crippen LogP contribution in [0.2, 0.25) is 0 Å². The smallest absolute Gasteiger partial charge is 0.269 e. The molecule has 1 amide bonds. The number of nitrogen functional groups attached to an aromatic ring is 1. The topological polar surface area (TPSA) is 107 Å². The van der Waals surface area contributed by atoms with Gasteiger partial charge in [0.2, 0.25) is 5.91 Å². The third-order valence-electron chi connectivity index (χ3n) is 5.62. The number of hydrogen-bond acceptors (Lipinski definition) is 5. The number of nitrogens with two attached hydrogens (primary N) is 1. The minimum absolute atomic E-state index is 0.00412. The molecule has 1 saturated carbocycles. The Hall–Kier alpha value is -3.65. The second-order valence-corrected chi connectivity index (χ2v) is 9.92. The fourth-order valence-corrected chi connectivity index (χ4v) is 4.94. The summed E-state index contributed by atoms with van der Waals surface area (Å²) < 4.78 is 27.9. The van der Waals surface area contributed by atoms with Crippen molar-refractivity contribution in [2.45, 2.75) is 24.7 Å². The van der Waals surface area contributed by atoms with E-state index in [4.69, 9.17) is 5.73 Å². The quantitative estimate of drug-likeness (QED) is 0.447. The standard InChI is InChI=1S/C24H22N4O3S/c1-15-2-10-19(11-3-15)32(30,31)28-13-12-20-21(16-6-8-18(25)9-7-16)14-22(26-23(20)28)27-24(29)17-4-5-17/h2-3,6-14,17H,4-5,25H2,1H3,(H,26,27,29). The van der Waals surface area contributed by atoms with E-state index >= 15 is 0 Å². The van der Waals surface area contributed by atoms with Gasteiger partial charge in [-0.1, -0.05) is 29.8 Å². The number of carbonyl (C=O) groups is 1. The van der Waals surface area contributed by atoms with Crippen molar-refractivity contribution in [1.82, 2.24) is 8.96 Å². The van der Waals surface area contributed by atoms with E-state index in [-0.39, 0.29) is 22.4 Å². The summed E-state index contributed by atoms with van der Waals surface area (Å²) in [6, 6.07) is 17.5. The van der Waals surface area contributed by atoms with Crippen LogP contribution in [-0.2, 0) is 14.8 Å².